The van der Waals surface area contributed by atoms with E-state index in [0.717, 1.165) is 0 Å². The van der Waals surface area contributed by atoms with Crippen LogP contribution < -0.4 is 5.43 Å². The maximum absolute atomic E-state index is 11.2. The molecule has 15 heavy (non-hydrogen) atoms. The molecule has 0 bridgehead atoms. The van der Waals surface area contributed by atoms with E-state index in [4.69, 9.17) is 5.11 Å². The number of H-pyrrole nitrogens is 1. The Kier molecular flexibility index (Phi) is 3.59. The van der Waals surface area contributed by atoms with Crippen molar-refractivity contribution in [3.8, 4) is 0 Å². The number of rotatable bonds is 4. The highest BCUT2D eigenvalue weighted by molar-refractivity contribution is 5.67. The van der Waals surface area contributed by atoms with Gasteiger partial charge in [0.05, 0.1) is 12.5 Å². The van der Waals surface area contributed by atoms with Crippen LogP contribution in [0.4, 0.5) is 0 Å². The number of carbonyl (C=O) groups is 1. The molecule has 2 unspecified atom stereocenters. The van der Waals surface area contributed by atoms with Gasteiger partial charge in [0, 0.05) is 24.0 Å². The second kappa shape index (κ2) is 4.72. The van der Waals surface area contributed by atoms with E-state index in [1.54, 1.807) is 0 Å². The van der Waals surface area contributed by atoms with Gasteiger partial charge in [-0.05, 0) is 0 Å². The zero-order valence-electron chi connectivity index (χ0n) is 7.75. The molecule has 1 aromatic rings. The topological polar surface area (TPSA) is 111 Å². The van der Waals surface area contributed by atoms with Gasteiger partial charge in [-0.2, -0.15) is 0 Å². The van der Waals surface area contributed by atoms with E-state index in [1.807, 2.05) is 0 Å². The van der Waals surface area contributed by atoms with Gasteiger partial charge in [0.1, 0.15) is 6.10 Å². The van der Waals surface area contributed by atoms with Crippen molar-refractivity contribution in [3.63, 3.8) is 0 Å². The van der Waals surface area contributed by atoms with Gasteiger partial charge < -0.3 is 20.3 Å². The Morgan fingerprint density at radius 2 is 2.13 bits per heavy atom. The van der Waals surface area contributed by atoms with Crippen LogP contribution >= 0.6 is 0 Å². The van der Waals surface area contributed by atoms with E-state index in [-0.39, 0.29) is 5.56 Å². The second-order valence-electron chi connectivity index (χ2n) is 3.07. The van der Waals surface area contributed by atoms with Crippen molar-refractivity contribution in [2.75, 3.05) is 0 Å². The van der Waals surface area contributed by atoms with E-state index >= 15 is 0 Å². The maximum Gasteiger partial charge on any atom is 0.306 e. The van der Waals surface area contributed by atoms with Crippen LogP contribution in [0.3, 0.4) is 0 Å². The molecule has 4 N–H and O–H groups in total. The third kappa shape index (κ3) is 2.90. The Morgan fingerprint density at radius 1 is 1.47 bits per heavy atom. The first-order valence-corrected chi connectivity index (χ1v) is 4.27. The Morgan fingerprint density at radius 3 is 2.67 bits per heavy atom. The van der Waals surface area contributed by atoms with E-state index in [9.17, 15) is 19.8 Å². The number of aromatic nitrogens is 1. The minimum absolute atomic E-state index is 0.0498. The summed E-state index contributed by atoms with van der Waals surface area (Å²) in [6.07, 6.45) is -0.993. The van der Waals surface area contributed by atoms with Gasteiger partial charge in [0.2, 0.25) is 0 Å². The van der Waals surface area contributed by atoms with E-state index in [1.165, 1.54) is 18.5 Å². The zero-order chi connectivity index (χ0) is 11.4. The molecule has 6 heteroatoms. The number of pyridine rings is 1. The van der Waals surface area contributed by atoms with Crippen LogP contribution in [0.1, 0.15) is 18.1 Å². The van der Waals surface area contributed by atoms with Crippen molar-refractivity contribution >= 4 is 5.97 Å². The molecule has 0 saturated heterocycles. The van der Waals surface area contributed by atoms with Crippen molar-refractivity contribution in [3.05, 3.63) is 34.2 Å². The predicted octanol–water partition coefficient (Wildman–Crippen LogP) is -0.756. The number of carboxylic acid groups (broad SMARTS) is 1. The molecular formula is C9H11NO5. The van der Waals surface area contributed by atoms with Crippen molar-refractivity contribution in [1.29, 1.82) is 0 Å². The number of nitrogens with one attached hydrogen (secondary N) is 1. The fraction of sp³-hybridized carbons (Fsp3) is 0.333. The average Bonchev–Trinajstić information content (AvgIpc) is 2.16. The summed E-state index contributed by atoms with van der Waals surface area (Å²) in [5, 5.41) is 27.2. The van der Waals surface area contributed by atoms with Crippen LogP contribution in [0.25, 0.3) is 0 Å². The highest BCUT2D eigenvalue weighted by Crippen LogP contribution is 2.14. The van der Waals surface area contributed by atoms with E-state index in [0.29, 0.717) is 0 Å². The summed E-state index contributed by atoms with van der Waals surface area (Å²) in [6, 6.07) is 1.19. The van der Waals surface area contributed by atoms with Crippen molar-refractivity contribution in [2.24, 2.45) is 0 Å². The summed E-state index contributed by atoms with van der Waals surface area (Å²) in [5.41, 5.74) is -0.503. The fourth-order valence-electron chi connectivity index (χ4n) is 1.16. The predicted molar refractivity (Wildman–Crippen MR) is 50.3 cm³/mol. The molecule has 0 fully saturated rings. The summed E-state index contributed by atoms with van der Waals surface area (Å²) in [4.78, 5) is 24.1. The molecule has 2 atom stereocenters. The second-order valence-corrected chi connectivity index (χ2v) is 3.07. The number of carboxylic acids is 1. The summed E-state index contributed by atoms with van der Waals surface area (Å²) in [6.45, 7) is 0. The monoisotopic (exact) mass is 213 g/mol. The summed E-state index contributed by atoms with van der Waals surface area (Å²) < 4.78 is 0. The van der Waals surface area contributed by atoms with Gasteiger partial charge in [0.15, 0.2) is 5.43 Å². The SMILES string of the molecule is O=C(O)CC(O)C(O)c1c[nH]ccc1=O. The van der Waals surface area contributed by atoms with Crippen LogP contribution in [0.15, 0.2) is 23.3 Å². The van der Waals surface area contributed by atoms with E-state index < -0.39 is 30.0 Å². The summed E-state index contributed by atoms with van der Waals surface area (Å²) in [7, 11) is 0. The standard InChI is InChI=1S/C9H11NO5/c11-6-1-2-10-4-5(6)9(15)7(12)3-8(13)14/h1-2,4,7,9,12,15H,3H2,(H,10,11)(H,13,14). The molecular weight excluding hydrogens is 202 g/mol. The lowest BCUT2D eigenvalue weighted by Crippen LogP contribution is -2.26. The first-order chi connectivity index (χ1) is 7.02. The first kappa shape index (κ1) is 11.4. The smallest absolute Gasteiger partial charge is 0.306 e. The highest BCUT2D eigenvalue weighted by atomic mass is 16.4. The third-order valence-electron chi connectivity index (χ3n) is 1.92. The number of aromatic amines is 1. The molecule has 0 spiro atoms. The molecule has 0 aliphatic carbocycles. The molecule has 1 rings (SSSR count). The quantitative estimate of drug-likeness (QED) is 0.525. The number of hydrogen-bond acceptors (Lipinski definition) is 4. The minimum Gasteiger partial charge on any atom is -0.481 e. The molecule has 0 saturated carbocycles. The summed E-state index contributed by atoms with van der Waals surface area (Å²) in [5.74, 6) is -1.24. The number of aliphatic hydroxyl groups excluding tert-OH is 2. The van der Waals surface area contributed by atoms with Gasteiger partial charge in [-0.15, -0.1) is 0 Å². The van der Waals surface area contributed by atoms with Crippen LogP contribution in [0.5, 0.6) is 0 Å². The lowest BCUT2D eigenvalue weighted by atomic mass is 10.0. The molecule has 0 radical (unpaired) electrons. The lowest BCUT2D eigenvalue weighted by Gasteiger charge is -2.15. The molecule has 6 nitrogen and oxygen atoms in total. The Labute approximate surface area is 84.8 Å². The number of hydrogen-bond donors (Lipinski definition) is 4. The molecule has 1 heterocycles. The van der Waals surface area contributed by atoms with Gasteiger partial charge in [-0.3, -0.25) is 9.59 Å². The zero-order valence-corrected chi connectivity index (χ0v) is 7.75. The maximum atomic E-state index is 11.2. The highest BCUT2D eigenvalue weighted by Gasteiger charge is 2.22. The van der Waals surface area contributed by atoms with Crippen molar-refractivity contribution in [1.82, 2.24) is 4.98 Å². The van der Waals surface area contributed by atoms with Crippen molar-refractivity contribution < 1.29 is 20.1 Å². The molecule has 1 aromatic heterocycles. The van der Waals surface area contributed by atoms with Crippen LogP contribution in [-0.4, -0.2) is 32.4 Å². The Bertz CT molecular complexity index is 399. The molecule has 0 aliphatic rings. The van der Waals surface area contributed by atoms with Crippen LogP contribution in [0.2, 0.25) is 0 Å². The average molecular weight is 213 g/mol. The molecule has 82 valence electrons. The summed E-state index contributed by atoms with van der Waals surface area (Å²) >= 11 is 0. The number of aliphatic hydroxyl groups is 2. The largest absolute Gasteiger partial charge is 0.481 e. The van der Waals surface area contributed by atoms with Crippen LogP contribution in [0, 0.1) is 0 Å². The Hall–Kier alpha value is -1.66. The van der Waals surface area contributed by atoms with Crippen molar-refractivity contribution in [2.45, 2.75) is 18.6 Å². The van der Waals surface area contributed by atoms with Gasteiger partial charge in [-0.1, -0.05) is 0 Å². The molecule has 0 amide bonds. The van der Waals surface area contributed by atoms with Gasteiger partial charge in [-0.25, -0.2) is 0 Å². The minimum atomic E-state index is -1.49. The van der Waals surface area contributed by atoms with E-state index in [2.05, 4.69) is 4.98 Å². The number of aliphatic carboxylic acids is 1. The lowest BCUT2D eigenvalue weighted by molar-refractivity contribution is -0.141. The Balaban J connectivity index is 2.85. The van der Waals surface area contributed by atoms with Gasteiger partial charge >= 0.3 is 5.97 Å². The molecule has 0 aromatic carbocycles. The third-order valence-corrected chi connectivity index (χ3v) is 1.92. The van der Waals surface area contributed by atoms with Crippen LogP contribution in [-0.2, 0) is 4.79 Å². The normalized spacial score (nSPS) is 14.5. The van der Waals surface area contributed by atoms with Gasteiger partial charge in [0.25, 0.3) is 0 Å². The first-order valence-electron chi connectivity index (χ1n) is 4.27. The fourth-order valence-corrected chi connectivity index (χ4v) is 1.16. The molecule has 0 aliphatic heterocycles.